The summed E-state index contributed by atoms with van der Waals surface area (Å²) in [5, 5.41) is 8.19. The number of carbonyl (C=O) groups excluding carboxylic acids is 1. The van der Waals surface area contributed by atoms with Gasteiger partial charge in [-0.2, -0.15) is 11.3 Å². The maximum atomic E-state index is 13.0. The smallest absolute Gasteiger partial charge is 0.270 e. The van der Waals surface area contributed by atoms with E-state index in [0.717, 1.165) is 32.4 Å². The summed E-state index contributed by atoms with van der Waals surface area (Å²) >= 11 is 7.66. The molecule has 2 aliphatic rings. The van der Waals surface area contributed by atoms with Crippen molar-refractivity contribution in [1.82, 2.24) is 15.2 Å². The van der Waals surface area contributed by atoms with Crippen molar-refractivity contribution in [2.75, 3.05) is 13.1 Å². The number of nitrogens with one attached hydrogen (secondary N) is 2. The molecule has 1 spiro atoms. The third kappa shape index (κ3) is 3.36. The number of H-pyrrole nitrogens is 1. The molecule has 0 aromatic carbocycles. The monoisotopic (exact) mass is 385 g/mol. The number of amides is 1. The first-order valence-corrected chi connectivity index (χ1v) is 9.37. The predicted molar refractivity (Wildman–Crippen MR) is 100 cm³/mol. The van der Waals surface area contributed by atoms with Crippen molar-refractivity contribution in [3.8, 4) is 0 Å². The van der Waals surface area contributed by atoms with Crippen molar-refractivity contribution in [2.45, 2.75) is 31.8 Å². The molecule has 1 saturated carbocycles. The quantitative estimate of drug-likeness (QED) is 0.837. The van der Waals surface area contributed by atoms with Crippen molar-refractivity contribution >= 4 is 41.3 Å². The average Bonchev–Trinajstić information content (AvgIpc) is 2.97. The second kappa shape index (κ2) is 7.08. The zero-order chi connectivity index (χ0) is 15.9. The number of hydrogen-bond donors (Lipinski definition) is 2. The zero-order valence-corrected chi connectivity index (χ0v) is 15.6. The maximum Gasteiger partial charge on any atom is 0.270 e. The van der Waals surface area contributed by atoms with Gasteiger partial charge in [0.05, 0.1) is 5.02 Å². The van der Waals surface area contributed by atoms with Crippen LogP contribution in [0.3, 0.4) is 0 Å². The number of aromatic amines is 1. The summed E-state index contributed by atoms with van der Waals surface area (Å²) < 4.78 is 0. The molecule has 7 heteroatoms. The molecule has 1 atom stereocenters. The van der Waals surface area contributed by atoms with Gasteiger partial charge in [-0.05, 0) is 66.2 Å². The number of carbonyl (C=O) groups is 1. The second-order valence-electron chi connectivity index (χ2n) is 6.63. The van der Waals surface area contributed by atoms with Gasteiger partial charge in [0.25, 0.3) is 5.91 Å². The molecule has 4 rings (SSSR count). The molecule has 3 heterocycles. The molecular weight excluding hydrogens is 365 g/mol. The summed E-state index contributed by atoms with van der Waals surface area (Å²) in [5.74, 6) is 0.0588. The molecule has 1 unspecified atom stereocenters. The van der Waals surface area contributed by atoms with Gasteiger partial charge in [-0.3, -0.25) is 4.79 Å². The lowest BCUT2D eigenvalue weighted by Crippen LogP contribution is -2.39. The van der Waals surface area contributed by atoms with E-state index in [1.165, 1.54) is 5.56 Å². The molecule has 0 radical (unpaired) electrons. The van der Waals surface area contributed by atoms with Gasteiger partial charge in [-0.1, -0.05) is 11.6 Å². The number of rotatable bonds is 4. The van der Waals surface area contributed by atoms with Crippen LogP contribution >= 0.6 is 35.3 Å². The number of nitrogens with zero attached hydrogens (tertiary/aromatic N) is 1. The van der Waals surface area contributed by atoms with Crippen LogP contribution in [0.15, 0.2) is 29.1 Å². The molecule has 4 nitrogen and oxygen atoms in total. The van der Waals surface area contributed by atoms with Crippen LogP contribution in [-0.2, 0) is 6.54 Å². The molecule has 130 valence electrons. The minimum atomic E-state index is 0. The molecular formula is C17H21Cl2N3OS. The summed E-state index contributed by atoms with van der Waals surface area (Å²) in [5.41, 5.74) is 2.12. The van der Waals surface area contributed by atoms with Gasteiger partial charge in [0.2, 0.25) is 0 Å². The highest BCUT2D eigenvalue weighted by molar-refractivity contribution is 7.07. The zero-order valence-electron chi connectivity index (χ0n) is 13.3. The number of thiophene rings is 1. The topological polar surface area (TPSA) is 48.1 Å². The lowest BCUT2D eigenvalue weighted by Gasteiger charge is -2.29. The second-order valence-corrected chi connectivity index (χ2v) is 7.84. The molecule has 1 amide bonds. The Morgan fingerprint density at radius 2 is 2.21 bits per heavy atom. The van der Waals surface area contributed by atoms with Gasteiger partial charge in [-0.15, -0.1) is 12.4 Å². The van der Waals surface area contributed by atoms with Crippen molar-refractivity contribution in [1.29, 1.82) is 0 Å². The molecule has 2 fully saturated rings. The van der Waals surface area contributed by atoms with E-state index in [2.05, 4.69) is 32.0 Å². The average molecular weight is 386 g/mol. The number of halogens is 2. The van der Waals surface area contributed by atoms with E-state index in [1.54, 1.807) is 23.6 Å². The fourth-order valence-corrected chi connectivity index (χ4v) is 4.60. The van der Waals surface area contributed by atoms with Crippen LogP contribution in [-0.4, -0.2) is 34.9 Å². The van der Waals surface area contributed by atoms with E-state index in [9.17, 15) is 4.79 Å². The predicted octanol–water partition coefficient (Wildman–Crippen LogP) is 3.94. The summed E-state index contributed by atoms with van der Waals surface area (Å²) in [7, 11) is 0. The highest BCUT2D eigenvalue weighted by atomic mass is 35.5. The van der Waals surface area contributed by atoms with Gasteiger partial charge in [-0.25, -0.2) is 0 Å². The van der Waals surface area contributed by atoms with Gasteiger partial charge in [0.15, 0.2) is 0 Å². The van der Waals surface area contributed by atoms with Crippen molar-refractivity contribution in [3.63, 3.8) is 0 Å². The molecule has 2 N–H and O–H groups in total. The normalized spacial score (nSPS) is 21.3. The van der Waals surface area contributed by atoms with Crippen LogP contribution in [0, 0.1) is 5.41 Å². The number of piperidine rings is 1. The first-order valence-electron chi connectivity index (χ1n) is 8.05. The Labute approximate surface area is 157 Å². The number of aromatic nitrogens is 1. The van der Waals surface area contributed by atoms with Crippen LogP contribution in [0.2, 0.25) is 5.02 Å². The molecule has 2 aromatic rings. The van der Waals surface area contributed by atoms with Crippen molar-refractivity contribution in [2.24, 2.45) is 5.41 Å². The van der Waals surface area contributed by atoms with Gasteiger partial charge >= 0.3 is 0 Å². The lowest BCUT2D eigenvalue weighted by molar-refractivity contribution is 0.0687. The van der Waals surface area contributed by atoms with E-state index in [0.29, 0.717) is 28.7 Å². The molecule has 1 saturated heterocycles. The van der Waals surface area contributed by atoms with Crippen LogP contribution in [0.5, 0.6) is 0 Å². The van der Waals surface area contributed by atoms with Crippen LogP contribution in [0.4, 0.5) is 0 Å². The molecule has 2 aromatic heterocycles. The van der Waals surface area contributed by atoms with Crippen LogP contribution < -0.4 is 5.32 Å². The van der Waals surface area contributed by atoms with Crippen LogP contribution in [0.1, 0.15) is 35.3 Å². The third-order valence-electron chi connectivity index (χ3n) is 5.19. The van der Waals surface area contributed by atoms with E-state index >= 15 is 0 Å². The van der Waals surface area contributed by atoms with E-state index in [-0.39, 0.29) is 18.3 Å². The fraction of sp³-hybridized carbons (Fsp3) is 0.471. The Kier molecular flexibility index (Phi) is 5.25. The summed E-state index contributed by atoms with van der Waals surface area (Å²) in [6.07, 6.45) is 5.12. The molecule has 0 bridgehead atoms. The van der Waals surface area contributed by atoms with Crippen molar-refractivity contribution in [3.05, 3.63) is 45.4 Å². The SMILES string of the molecule is Cl.O=C(c1cc(Cl)c[nH]1)N(Cc1ccsc1)C1CC12CCNCC2. The molecule has 24 heavy (non-hydrogen) atoms. The highest BCUT2D eigenvalue weighted by Crippen LogP contribution is 2.56. The Morgan fingerprint density at radius 3 is 2.83 bits per heavy atom. The van der Waals surface area contributed by atoms with E-state index < -0.39 is 0 Å². The summed E-state index contributed by atoms with van der Waals surface area (Å²) in [4.78, 5) is 18.1. The van der Waals surface area contributed by atoms with Gasteiger partial charge in [0, 0.05) is 18.8 Å². The van der Waals surface area contributed by atoms with Crippen LogP contribution in [0.25, 0.3) is 0 Å². The first-order chi connectivity index (χ1) is 11.2. The Bertz CT molecular complexity index is 695. The lowest BCUT2D eigenvalue weighted by atomic mass is 9.93. The Hall–Kier alpha value is -1.01. The summed E-state index contributed by atoms with van der Waals surface area (Å²) in [6, 6.07) is 4.17. The maximum absolute atomic E-state index is 13.0. The molecule has 1 aliphatic carbocycles. The third-order valence-corrected chi connectivity index (χ3v) is 6.14. The Balaban J connectivity index is 0.00000169. The largest absolute Gasteiger partial charge is 0.356 e. The van der Waals surface area contributed by atoms with Gasteiger partial charge < -0.3 is 15.2 Å². The standard InChI is InChI=1S/C17H20ClN3OS.ClH/c18-13-7-14(20-9-13)16(22)21(10-12-1-6-23-11-12)15-8-17(15)2-4-19-5-3-17;/h1,6-7,9,11,15,19-20H,2-5,8,10H2;1H. The van der Waals surface area contributed by atoms with E-state index in [1.807, 2.05) is 0 Å². The summed E-state index contributed by atoms with van der Waals surface area (Å²) in [6.45, 7) is 2.80. The van der Waals surface area contributed by atoms with Crippen molar-refractivity contribution < 1.29 is 4.79 Å². The number of hydrogen-bond acceptors (Lipinski definition) is 3. The first kappa shape index (κ1) is 17.8. The minimum absolute atomic E-state index is 0. The minimum Gasteiger partial charge on any atom is -0.356 e. The molecule has 1 aliphatic heterocycles. The van der Waals surface area contributed by atoms with Gasteiger partial charge in [0.1, 0.15) is 5.69 Å². The highest BCUT2D eigenvalue weighted by Gasteiger charge is 2.57. The fourth-order valence-electron chi connectivity index (χ4n) is 3.78. The van der Waals surface area contributed by atoms with E-state index in [4.69, 9.17) is 11.6 Å². The Morgan fingerprint density at radius 1 is 1.42 bits per heavy atom.